The molecule has 3 heteroatoms. The van der Waals surface area contributed by atoms with Crippen molar-refractivity contribution in [2.75, 3.05) is 0 Å². The van der Waals surface area contributed by atoms with E-state index in [0.29, 0.717) is 16.6 Å². The highest BCUT2D eigenvalue weighted by atomic mass is 16.1. The van der Waals surface area contributed by atoms with Crippen LogP contribution in [0.25, 0.3) is 38.8 Å². The first-order chi connectivity index (χ1) is 15.9. The number of Topliss-reactive ketones (excluding diaryl/α,β-unsaturated/α-hetero) is 1. The molecule has 0 saturated carbocycles. The highest BCUT2D eigenvalue weighted by molar-refractivity contribution is 6.18. The first-order valence-corrected chi connectivity index (χ1v) is 11.1. The molecule has 2 aromatic heterocycles. The minimum atomic E-state index is -0.620. The van der Waals surface area contributed by atoms with Crippen LogP contribution >= 0.6 is 0 Å². The van der Waals surface area contributed by atoms with Crippen molar-refractivity contribution >= 4 is 28.5 Å². The molecule has 162 valence electrons. The number of ketones is 1. The fourth-order valence-corrected chi connectivity index (χ4v) is 4.58. The van der Waals surface area contributed by atoms with Gasteiger partial charge in [-0.1, -0.05) is 99.6 Å². The molecule has 3 aromatic carbocycles. The number of nitrogens with zero attached hydrogens (tertiary/aromatic N) is 1. The largest absolute Gasteiger partial charge is 0.307 e. The molecule has 0 saturated heterocycles. The number of para-hydroxylation sites is 1. The molecule has 5 rings (SSSR count). The Morgan fingerprint density at radius 1 is 0.788 bits per heavy atom. The first kappa shape index (κ1) is 20.9. The van der Waals surface area contributed by atoms with Crippen molar-refractivity contribution < 1.29 is 9.59 Å². The number of hydrogen-bond acceptors (Lipinski definition) is 2. The Morgan fingerprint density at radius 3 is 1.97 bits per heavy atom. The third-order valence-corrected chi connectivity index (χ3v) is 6.08. The third kappa shape index (κ3) is 3.37. The number of fused-ring (bicyclic) bond motifs is 3. The topological polar surface area (TPSA) is 38.5 Å². The maximum absolute atomic E-state index is 14.0. The molecule has 0 aliphatic carbocycles. The molecule has 5 aromatic rings. The molecule has 0 atom stereocenters. The molecule has 0 fully saturated rings. The van der Waals surface area contributed by atoms with Gasteiger partial charge in [0, 0.05) is 16.5 Å². The summed E-state index contributed by atoms with van der Waals surface area (Å²) in [5, 5.41) is 0.952. The van der Waals surface area contributed by atoms with Crippen LogP contribution in [-0.2, 0) is 0 Å². The lowest BCUT2D eigenvalue weighted by Crippen LogP contribution is -2.21. The molecule has 0 unspecified atom stereocenters. The van der Waals surface area contributed by atoms with E-state index in [1.807, 2.05) is 99.6 Å². The summed E-state index contributed by atoms with van der Waals surface area (Å²) in [7, 11) is 0. The highest BCUT2D eigenvalue weighted by Crippen LogP contribution is 2.44. The molecule has 0 N–H and O–H groups in total. The van der Waals surface area contributed by atoms with Gasteiger partial charge >= 0.3 is 0 Å². The lowest BCUT2D eigenvalue weighted by atomic mass is 9.83. The van der Waals surface area contributed by atoms with Gasteiger partial charge in [-0.15, -0.1) is 0 Å². The van der Waals surface area contributed by atoms with Crippen molar-refractivity contribution in [3.05, 3.63) is 102 Å². The molecular weight excluding hydrogens is 406 g/mol. The summed E-state index contributed by atoms with van der Waals surface area (Å²) < 4.78 is 2.11. The van der Waals surface area contributed by atoms with Crippen LogP contribution in [0.4, 0.5) is 0 Å². The van der Waals surface area contributed by atoms with Gasteiger partial charge < -0.3 is 4.40 Å². The monoisotopic (exact) mass is 431 g/mol. The summed E-state index contributed by atoms with van der Waals surface area (Å²) in [4.78, 5) is 26.4. The Kier molecular flexibility index (Phi) is 4.98. The molecule has 0 amide bonds. The van der Waals surface area contributed by atoms with Gasteiger partial charge in [0.25, 0.3) is 0 Å². The first-order valence-electron chi connectivity index (χ1n) is 11.1. The average molecular weight is 432 g/mol. The van der Waals surface area contributed by atoms with E-state index in [1.165, 1.54) is 0 Å². The minimum Gasteiger partial charge on any atom is -0.307 e. The normalized spacial score (nSPS) is 11.7. The third-order valence-electron chi connectivity index (χ3n) is 6.08. The highest BCUT2D eigenvalue weighted by Gasteiger charge is 2.33. The molecule has 2 heterocycles. The predicted molar refractivity (Wildman–Crippen MR) is 135 cm³/mol. The molecule has 0 bridgehead atoms. The van der Waals surface area contributed by atoms with Crippen LogP contribution in [0, 0.1) is 5.41 Å². The van der Waals surface area contributed by atoms with E-state index >= 15 is 0 Å². The average Bonchev–Trinajstić information content (AvgIpc) is 3.20. The molecular formula is C30H25NO2. The number of carbonyl (C=O) groups excluding carboxylic acids is 2. The Morgan fingerprint density at radius 2 is 1.36 bits per heavy atom. The smallest absolute Gasteiger partial charge is 0.171 e. The van der Waals surface area contributed by atoms with Crippen molar-refractivity contribution in [1.82, 2.24) is 4.40 Å². The molecule has 33 heavy (non-hydrogen) atoms. The van der Waals surface area contributed by atoms with E-state index in [0.717, 1.165) is 39.6 Å². The summed E-state index contributed by atoms with van der Waals surface area (Å²) in [6, 6.07) is 30.0. The lowest BCUT2D eigenvalue weighted by molar-refractivity contribution is 0.0861. The van der Waals surface area contributed by atoms with E-state index in [-0.39, 0.29) is 5.78 Å². The molecule has 0 spiro atoms. The van der Waals surface area contributed by atoms with E-state index in [1.54, 1.807) is 0 Å². The van der Waals surface area contributed by atoms with Crippen molar-refractivity contribution in [2.45, 2.75) is 20.8 Å². The Labute approximate surface area is 193 Å². The van der Waals surface area contributed by atoms with Gasteiger partial charge in [-0.05, 0) is 28.6 Å². The summed E-state index contributed by atoms with van der Waals surface area (Å²) in [5.41, 5.74) is 5.85. The number of aromatic nitrogens is 1. The van der Waals surface area contributed by atoms with Crippen LogP contribution < -0.4 is 0 Å². The SMILES string of the molecule is CC(C)(C)C(=O)c1c(-c2ccccc2)c(-c2ccccc2)n2c1c(C=O)cc1ccccc12. The van der Waals surface area contributed by atoms with E-state index in [2.05, 4.69) is 16.5 Å². The number of hydrogen-bond donors (Lipinski definition) is 0. The number of benzene rings is 3. The van der Waals surface area contributed by atoms with Crippen molar-refractivity contribution in [3.8, 4) is 22.4 Å². The van der Waals surface area contributed by atoms with Gasteiger partial charge in [-0.25, -0.2) is 0 Å². The fraction of sp³-hybridized carbons (Fsp3) is 0.133. The summed E-state index contributed by atoms with van der Waals surface area (Å²) in [5.74, 6) is 0.0133. The standard InChI is InChI=1S/C30H25NO2/c1-30(2,3)29(33)26-25(20-12-6-4-7-13-20)27(21-14-8-5-9-15-21)31-24-17-11-10-16-22(24)18-23(19-32)28(26)31/h4-19H,1-3H3. The summed E-state index contributed by atoms with van der Waals surface area (Å²) >= 11 is 0. The van der Waals surface area contributed by atoms with Gasteiger partial charge in [0.15, 0.2) is 12.1 Å². The van der Waals surface area contributed by atoms with Crippen LogP contribution in [0.15, 0.2) is 91.0 Å². The van der Waals surface area contributed by atoms with Gasteiger partial charge in [-0.2, -0.15) is 0 Å². The minimum absolute atomic E-state index is 0.0133. The van der Waals surface area contributed by atoms with Crippen LogP contribution in [0.5, 0.6) is 0 Å². The molecule has 3 nitrogen and oxygen atoms in total. The maximum Gasteiger partial charge on any atom is 0.171 e. The van der Waals surface area contributed by atoms with Crippen LogP contribution in [0.3, 0.4) is 0 Å². The number of pyridine rings is 1. The zero-order valence-corrected chi connectivity index (χ0v) is 19.0. The van der Waals surface area contributed by atoms with Gasteiger partial charge in [0.05, 0.1) is 22.3 Å². The molecule has 0 radical (unpaired) electrons. The van der Waals surface area contributed by atoms with Gasteiger partial charge in [0.2, 0.25) is 0 Å². The second-order valence-electron chi connectivity index (χ2n) is 9.37. The number of carbonyl (C=O) groups is 2. The molecule has 0 aliphatic rings. The maximum atomic E-state index is 14.0. The van der Waals surface area contributed by atoms with Gasteiger partial charge in [0.1, 0.15) is 0 Å². The molecule has 0 aliphatic heterocycles. The Hall–Kier alpha value is -3.98. The number of aldehydes is 1. The van der Waals surface area contributed by atoms with E-state index < -0.39 is 5.41 Å². The van der Waals surface area contributed by atoms with Crippen molar-refractivity contribution in [3.63, 3.8) is 0 Å². The second-order valence-corrected chi connectivity index (χ2v) is 9.37. The van der Waals surface area contributed by atoms with Crippen LogP contribution in [-0.4, -0.2) is 16.5 Å². The van der Waals surface area contributed by atoms with Crippen molar-refractivity contribution in [2.24, 2.45) is 5.41 Å². The zero-order chi connectivity index (χ0) is 23.2. The summed E-state index contributed by atoms with van der Waals surface area (Å²) in [6.45, 7) is 5.78. The zero-order valence-electron chi connectivity index (χ0n) is 19.0. The predicted octanol–water partition coefficient (Wildman–Crippen LogP) is 7.47. The second kappa shape index (κ2) is 7.86. The van der Waals surface area contributed by atoms with E-state index in [9.17, 15) is 9.59 Å². The fourth-order valence-electron chi connectivity index (χ4n) is 4.58. The van der Waals surface area contributed by atoms with E-state index in [4.69, 9.17) is 0 Å². The Balaban J connectivity index is 2.12. The van der Waals surface area contributed by atoms with Crippen LogP contribution in [0.1, 0.15) is 41.5 Å². The number of rotatable bonds is 4. The lowest BCUT2D eigenvalue weighted by Gasteiger charge is -2.18. The van der Waals surface area contributed by atoms with Crippen LogP contribution in [0.2, 0.25) is 0 Å². The van der Waals surface area contributed by atoms with Crippen molar-refractivity contribution in [1.29, 1.82) is 0 Å². The summed E-state index contributed by atoms with van der Waals surface area (Å²) in [6.07, 6.45) is 0.866. The van der Waals surface area contributed by atoms with Gasteiger partial charge in [-0.3, -0.25) is 9.59 Å². The Bertz CT molecular complexity index is 1500. The quantitative estimate of drug-likeness (QED) is 0.219.